The van der Waals surface area contributed by atoms with Crippen LogP contribution in [0.25, 0.3) is 0 Å². The molecule has 18 heavy (non-hydrogen) atoms. The van der Waals surface area contributed by atoms with Gasteiger partial charge < -0.3 is 0 Å². The fraction of sp³-hybridized carbons (Fsp3) is 0.167. The van der Waals surface area contributed by atoms with Crippen LogP contribution in [0.15, 0.2) is 44.2 Å². The Balaban J connectivity index is 2.46. The summed E-state index contributed by atoms with van der Waals surface area (Å²) in [5.41, 5.74) is 0.585. The lowest BCUT2D eigenvalue weighted by molar-refractivity contribution is 0.526. The summed E-state index contributed by atoms with van der Waals surface area (Å²) in [5, 5.41) is 4.07. The maximum Gasteiger partial charge on any atom is 0.282 e. The van der Waals surface area contributed by atoms with Crippen LogP contribution < -0.4 is 5.56 Å². The number of hydrogen-bond acceptors (Lipinski definition) is 2. The van der Waals surface area contributed by atoms with Crippen molar-refractivity contribution in [1.82, 2.24) is 9.78 Å². The second kappa shape index (κ2) is 5.32. The summed E-state index contributed by atoms with van der Waals surface area (Å²) in [6, 6.07) is 5.76. The quantitative estimate of drug-likeness (QED) is 0.804. The maximum atomic E-state index is 12.9. The Hall–Kier alpha value is -1.01. The average Bonchev–Trinajstić information content (AvgIpc) is 2.36. The van der Waals surface area contributed by atoms with Crippen molar-refractivity contribution in [1.29, 1.82) is 0 Å². The van der Waals surface area contributed by atoms with Crippen LogP contribution in [0.4, 0.5) is 4.39 Å². The molecule has 1 aromatic carbocycles. The summed E-state index contributed by atoms with van der Waals surface area (Å²) < 4.78 is 15.2. The van der Waals surface area contributed by atoms with E-state index in [1.807, 2.05) is 6.92 Å². The van der Waals surface area contributed by atoms with Gasteiger partial charge in [0.1, 0.15) is 10.3 Å². The van der Waals surface area contributed by atoms with Gasteiger partial charge in [-0.1, -0.05) is 12.1 Å². The highest BCUT2D eigenvalue weighted by Gasteiger charge is 2.14. The van der Waals surface area contributed by atoms with Crippen LogP contribution >= 0.6 is 31.9 Å². The predicted octanol–water partition coefficient (Wildman–Crippen LogP) is 3.52. The van der Waals surface area contributed by atoms with Gasteiger partial charge >= 0.3 is 0 Å². The highest BCUT2D eigenvalue weighted by molar-refractivity contribution is 9.13. The van der Waals surface area contributed by atoms with Crippen molar-refractivity contribution < 1.29 is 4.39 Å². The zero-order valence-corrected chi connectivity index (χ0v) is 12.6. The van der Waals surface area contributed by atoms with Crippen molar-refractivity contribution in [2.45, 2.75) is 13.0 Å². The molecule has 0 N–H and O–H groups in total. The van der Waals surface area contributed by atoms with Crippen LogP contribution in [0.2, 0.25) is 0 Å². The van der Waals surface area contributed by atoms with E-state index in [0.717, 1.165) is 5.56 Å². The van der Waals surface area contributed by atoms with Gasteiger partial charge in [-0.2, -0.15) is 5.10 Å². The predicted molar refractivity (Wildman–Crippen MR) is 74.1 cm³/mol. The molecule has 0 aliphatic carbocycles. The molecule has 0 aliphatic heterocycles. The van der Waals surface area contributed by atoms with E-state index in [4.69, 9.17) is 0 Å². The fourth-order valence-corrected chi connectivity index (χ4v) is 2.13. The summed E-state index contributed by atoms with van der Waals surface area (Å²) in [4.78, 5) is 12.0. The molecule has 3 nitrogen and oxygen atoms in total. The first-order chi connectivity index (χ1) is 8.50. The van der Waals surface area contributed by atoms with Crippen molar-refractivity contribution >= 4 is 31.9 Å². The van der Waals surface area contributed by atoms with E-state index in [2.05, 4.69) is 37.0 Å². The van der Waals surface area contributed by atoms with E-state index in [1.54, 1.807) is 18.3 Å². The summed E-state index contributed by atoms with van der Waals surface area (Å²) in [5.74, 6) is -0.303. The Kier molecular flexibility index (Phi) is 3.97. The topological polar surface area (TPSA) is 34.9 Å². The first kappa shape index (κ1) is 13.4. The van der Waals surface area contributed by atoms with Crippen LogP contribution in [-0.2, 0) is 0 Å². The largest absolute Gasteiger partial charge is 0.282 e. The van der Waals surface area contributed by atoms with E-state index in [-0.39, 0.29) is 17.4 Å². The standard InChI is InChI=1S/C12H9Br2FN2O/c1-7(8-2-4-9(15)5-3-8)17-12(18)11(14)10(13)6-16-17/h2-7H,1H3. The minimum Gasteiger partial charge on any atom is -0.266 e. The van der Waals surface area contributed by atoms with E-state index in [9.17, 15) is 9.18 Å². The molecule has 1 atom stereocenters. The summed E-state index contributed by atoms with van der Waals surface area (Å²) in [6.07, 6.45) is 1.55. The molecular formula is C12H9Br2FN2O. The highest BCUT2D eigenvalue weighted by atomic mass is 79.9. The van der Waals surface area contributed by atoms with Crippen LogP contribution in [0.3, 0.4) is 0 Å². The van der Waals surface area contributed by atoms with Gasteiger partial charge in [0.15, 0.2) is 0 Å². The zero-order valence-electron chi connectivity index (χ0n) is 9.40. The van der Waals surface area contributed by atoms with Crippen LogP contribution in [0, 0.1) is 5.82 Å². The Morgan fingerprint density at radius 3 is 2.50 bits per heavy atom. The van der Waals surface area contributed by atoms with Crippen molar-refractivity contribution in [3.8, 4) is 0 Å². The third-order valence-corrected chi connectivity index (χ3v) is 4.52. The van der Waals surface area contributed by atoms with Crippen molar-refractivity contribution in [3.63, 3.8) is 0 Å². The second-order valence-corrected chi connectivity index (χ2v) is 5.43. The first-order valence-corrected chi connectivity index (χ1v) is 6.77. The van der Waals surface area contributed by atoms with Gasteiger partial charge in [-0.25, -0.2) is 9.07 Å². The number of aromatic nitrogens is 2. The number of benzene rings is 1. The normalized spacial score (nSPS) is 12.4. The molecule has 0 bridgehead atoms. The van der Waals surface area contributed by atoms with E-state index >= 15 is 0 Å². The molecule has 2 rings (SSSR count). The number of nitrogens with zero attached hydrogens (tertiary/aromatic N) is 2. The maximum absolute atomic E-state index is 12.9. The molecule has 0 fully saturated rings. The van der Waals surface area contributed by atoms with E-state index in [0.29, 0.717) is 8.95 Å². The van der Waals surface area contributed by atoms with Gasteiger partial charge in [0.2, 0.25) is 0 Å². The Morgan fingerprint density at radius 2 is 1.89 bits per heavy atom. The van der Waals surface area contributed by atoms with Crippen molar-refractivity contribution in [2.24, 2.45) is 0 Å². The minimum atomic E-state index is -0.303. The van der Waals surface area contributed by atoms with Crippen LogP contribution in [0.1, 0.15) is 18.5 Å². The molecule has 0 aliphatic rings. The molecule has 1 unspecified atom stereocenters. The highest BCUT2D eigenvalue weighted by Crippen LogP contribution is 2.20. The van der Waals surface area contributed by atoms with E-state index < -0.39 is 0 Å². The molecule has 1 aromatic heterocycles. The Morgan fingerprint density at radius 1 is 1.28 bits per heavy atom. The first-order valence-electron chi connectivity index (χ1n) is 5.19. The molecule has 1 heterocycles. The molecule has 6 heteroatoms. The van der Waals surface area contributed by atoms with Gasteiger partial charge in [0.05, 0.1) is 16.7 Å². The van der Waals surface area contributed by atoms with Crippen molar-refractivity contribution in [2.75, 3.05) is 0 Å². The molecule has 94 valence electrons. The monoisotopic (exact) mass is 374 g/mol. The SMILES string of the molecule is CC(c1ccc(F)cc1)n1ncc(Br)c(Br)c1=O. The van der Waals surface area contributed by atoms with Gasteiger partial charge in [-0.05, 0) is 56.5 Å². The molecule has 0 saturated heterocycles. The molecule has 0 radical (unpaired) electrons. The molecule has 2 aromatic rings. The average molecular weight is 376 g/mol. The fourth-order valence-electron chi connectivity index (χ4n) is 1.58. The minimum absolute atomic E-state index is 0.235. The van der Waals surface area contributed by atoms with Gasteiger partial charge in [-0.3, -0.25) is 4.79 Å². The van der Waals surface area contributed by atoms with Crippen LogP contribution in [-0.4, -0.2) is 9.78 Å². The molecule has 0 amide bonds. The zero-order chi connectivity index (χ0) is 13.3. The summed E-state index contributed by atoms with van der Waals surface area (Å²) in [6.45, 7) is 1.84. The molecule has 0 spiro atoms. The lowest BCUT2D eigenvalue weighted by Gasteiger charge is -2.14. The third-order valence-electron chi connectivity index (χ3n) is 2.62. The Labute approximate surface area is 120 Å². The lowest BCUT2D eigenvalue weighted by Crippen LogP contribution is -2.27. The Bertz CT molecular complexity index is 625. The third kappa shape index (κ3) is 2.54. The summed E-state index contributed by atoms with van der Waals surface area (Å²) in [7, 11) is 0. The van der Waals surface area contributed by atoms with E-state index in [1.165, 1.54) is 16.8 Å². The van der Waals surface area contributed by atoms with Crippen molar-refractivity contribution in [3.05, 3.63) is 61.1 Å². The smallest absolute Gasteiger partial charge is 0.266 e. The number of hydrogen-bond donors (Lipinski definition) is 0. The van der Waals surface area contributed by atoms with Crippen LogP contribution in [0.5, 0.6) is 0 Å². The number of rotatable bonds is 2. The molecular weight excluding hydrogens is 367 g/mol. The van der Waals surface area contributed by atoms with Gasteiger partial charge in [0, 0.05) is 0 Å². The second-order valence-electron chi connectivity index (χ2n) is 3.78. The van der Waals surface area contributed by atoms with Gasteiger partial charge in [0.25, 0.3) is 5.56 Å². The van der Waals surface area contributed by atoms with Gasteiger partial charge in [-0.15, -0.1) is 0 Å². The number of halogens is 3. The molecule has 0 saturated carbocycles. The summed E-state index contributed by atoms with van der Waals surface area (Å²) >= 11 is 6.43. The lowest BCUT2D eigenvalue weighted by atomic mass is 10.1.